The van der Waals surface area contributed by atoms with E-state index in [1.807, 2.05) is 6.07 Å². The molecule has 0 saturated carbocycles. The second-order valence-corrected chi connectivity index (χ2v) is 6.18. The lowest BCUT2D eigenvalue weighted by molar-refractivity contribution is 0.0564. The van der Waals surface area contributed by atoms with Crippen molar-refractivity contribution in [1.29, 1.82) is 0 Å². The number of fused-ring (bicyclic) bond motifs is 3. The lowest BCUT2D eigenvalue weighted by atomic mass is 10.2. The molecule has 0 bridgehead atoms. The van der Waals surface area contributed by atoms with Gasteiger partial charge in [0.1, 0.15) is 12.4 Å². The van der Waals surface area contributed by atoms with Gasteiger partial charge < -0.3 is 14.6 Å². The maximum Gasteiger partial charge on any atom is 0.136 e. The minimum Gasteiger partial charge on any atom is -0.371 e. The van der Waals surface area contributed by atoms with E-state index in [-0.39, 0.29) is 6.04 Å². The molecule has 1 aromatic heterocycles. The van der Waals surface area contributed by atoms with Crippen LogP contribution in [-0.2, 0) is 17.9 Å². The quantitative estimate of drug-likeness (QED) is 0.804. The Bertz CT molecular complexity index is 810. The van der Waals surface area contributed by atoms with Crippen molar-refractivity contribution in [3.63, 3.8) is 0 Å². The van der Waals surface area contributed by atoms with E-state index in [0.717, 1.165) is 31.0 Å². The molecule has 0 spiro atoms. The number of hydrogen-bond donors (Lipinski definition) is 1. The number of ether oxygens (including phenoxy) is 1. The molecule has 0 radical (unpaired) electrons. The molecule has 4 heteroatoms. The highest BCUT2D eigenvalue weighted by molar-refractivity contribution is 5.77. The van der Waals surface area contributed by atoms with Crippen LogP contribution < -0.4 is 5.32 Å². The first-order valence-corrected chi connectivity index (χ1v) is 8.11. The Morgan fingerprint density at radius 1 is 1.22 bits per heavy atom. The number of nitrogens with one attached hydrogen (secondary N) is 1. The summed E-state index contributed by atoms with van der Waals surface area (Å²) in [5.74, 6) is 1.03. The number of rotatable bonds is 4. The van der Waals surface area contributed by atoms with Gasteiger partial charge in [0, 0.05) is 13.1 Å². The van der Waals surface area contributed by atoms with Crippen molar-refractivity contribution < 1.29 is 4.74 Å². The van der Waals surface area contributed by atoms with Gasteiger partial charge in [-0.15, -0.1) is 0 Å². The molecule has 2 aromatic carbocycles. The fourth-order valence-corrected chi connectivity index (χ4v) is 3.26. The molecule has 3 aromatic rings. The molecule has 1 unspecified atom stereocenters. The molecule has 1 atom stereocenters. The van der Waals surface area contributed by atoms with Crippen molar-refractivity contribution in [3.05, 3.63) is 65.5 Å². The van der Waals surface area contributed by atoms with Crippen molar-refractivity contribution in [2.24, 2.45) is 0 Å². The maximum absolute atomic E-state index is 5.75. The van der Waals surface area contributed by atoms with Crippen LogP contribution in [0.3, 0.4) is 0 Å². The van der Waals surface area contributed by atoms with Gasteiger partial charge in [-0.1, -0.05) is 36.4 Å². The normalized spacial score (nSPS) is 17.3. The first-order valence-electron chi connectivity index (χ1n) is 8.11. The van der Waals surface area contributed by atoms with E-state index in [9.17, 15) is 0 Å². The third kappa shape index (κ3) is 2.87. The van der Waals surface area contributed by atoms with Gasteiger partial charge in [0.15, 0.2) is 0 Å². The minimum atomic E-state index is 0.287. The van der Waals surface area contributed by atoms with E-state index < -0.39 is 0 Å². The van der Waals surface area contributed by atoms with Crippen LogP contribution in [0.2, 0.25) is 0 Å². The summed E-state index contributed by atoms with van der Waals surface area (Å²) in [6, 6.07) is 17.2. The molecule has 1 N–H and O–H groups in total. The van der Waals surface area contributed by atoms with E-state index in [4.69, 9.17) is 9.72 Å². The van der Waals surface area contributed by atoms with Crippen LogP contribution >= 0.6 is 0 Å². The predicted molar refractivity (Wildman–Crippen MR) is 91.3 cm³/mol. The van der Waals surface area contributed by atoms with Crippen LogP contribution in [0.4, 0.5) is 0 Å². The van der Waals surface area contributed by atoms with Gasteiger partial charge in [-0.3, -0.25) is 0 Å². The standard InChI is InChI=1S/C19H21N3O/c1-14-7-8-18-17(9-14)21-19-13-23-12-16(22(18)19)11-20-10-15-5-3-2-4-6-15/h2-9,16,20H,10-13H2,1H3. The van der Waals surface area contributed by atoms with Crippen molar-refractivity contribution in [3.8, 4) is 0 Å². The topological polar surface area (TPSA) is 39.1 Å². The molecule has 4 rings (SSSR count). The molecule has 23 heavy (non-hydrogen) atoms. The van der Waals surface area contributed by atoms with Gasteiger partial charge in [-0.25, -0.2) is 4.98 Å². The fraction of sp³-hybridized carbons (Fsp3) is 0.316. The van der Waals surface area contributed by atoms with Crippen molar-refractivity contribution >= 4 is 11.0 Å². The maximum atomic E-state index is 5.75. The molecule has 2 heterocycles. The Balaban J connectivity index is 1.54. The third-order valence-corrected chi connectivity index (χ3v) is 4.38. The SMILES string of the molecule is Cc1ccc2c(c1)nc1n2C(CNCc2ccccc2)COC1. The van der Waals surface area contributed by atoms with Crippen LogP contribution in [0.5, 0.6) is 0 Å². The monoisotopic (exact) mass is 307 g/mol. The van der Waals surface area contributed by atoms with Crippen molar-refractivity contribution in [2.45, 2.75) is 26.1 Å². The molecule has 0 aliphatic carbocycles. The van der Waals surface area contributed by atoms with Crippen LogP contribution in [0.1, 0.15) is 23.0 Å². The van der Waals surface area contributed by atoms with E-state index >= 15 is 0 Å². The number of aromatic nitrogens is 2. The Hall–Kier alpha value is -2.17. The highest BCUT2D eigenvalue weighted by Crippen LogP contribution is 2.26. The van der Waals surface area contributed by atoms with E-state index in [0.29, 0.717) is 6.61 Å². The van der Waals surface area contributed by atoms with Crippen LogP contribution in [0.25, 0.3) is 11.0 Å². The van der Waals surface area contributed by atoms with E-state index in [1.54, 1.807) is 0 Å². The Morgan fingerprint density at radius 3 is 2.96 bits per heavy atom. The number of nitrogens with zero attached hydrogens (tertiary/aromatic N) is 2. The summed E-state index contributed by atoms with van der Waals surface area (Å²) < 4.78 is 8.09. The van der Waals surface area contributed by atoms with Crippen LogP contribution in [-0.4, -0.2) is 22.7 Å². The largest absolute Gasteiger partial charge is 0.371 e. The highest BCUT2D eigenvalue weighted by atomic mass is 16.5. The van der Waals surface area contributed by atoms with Gasteiger partial charge in [-0.05, 0) is 30.2 Å². The van der Waals surface area contributed by atoms with Crippen LogP contribution in [0, 0.1) is 6.92 Å². The molecule has 0 saturated heterocycles. The molecule has 1 aliphatic rings. The van der Waals surface area contributed by atoms with E-state index in [2.05, 4.69) is 59.3 Å². The Labute approximate surface area is 136 Å². The van der Waals surface area contributed by atoms with Gasteiger partial charge in [0.2, 0.25) is 0 Å². The van der Waals surface area contributed by atoms with E-state index in [1.165, 1.54) is 16.6 Å². The average Bonchev–Trinajstić information content (AvgIpc) is 2.94. The zero-order valence-electron chi connectivity index (χ0n) is 13.3. The summed E-state index contributed by atoms with van der Waals surface area (Å²) in [4.78, 5) is 4.74. The highest BCUT2D eigenvalue weighted by Gasteiger charge is 2.23. The number of aryl methyl sites for hydroxylation is 1. The summed E-state index contributed by atoms with van der Waals surface area (Å²) in [5, 5.41) is 3.55. The Morgan fingerprint density at radius 2 is 2.09 bits per heavy atom. The minimum absolute atomic E-state index is 0.287. The second-order valence-electron chi connectivity index (χ2n) is 6.18. The summed E-state index contributed by atoms with van der Waals surface area (Å²) >= 11 is 0. The lowest BCUT2D eigenvalue weighted by Crippen LogP contribution is -2.32. The summed E-state index contributed by atoms with van der Waals surface area (Å²) in [6.07, 6.45) is 0. The molecule has 1 aliphatic heterocycles. The lowest BCUT2D eigenvalue weighted by Gasteiger charge is -2.26. The van der Waals surface area contributed by atoms with Crippen LogP contribution in [0.15, 0.2) is 48.5 Å². The molecular formula is C19H21N3O. The van der Waals surface area contributed by atoms with Crippen molar-refractivity contribution in [1.82, 2.24) is 14.9 Å². The fourth-order valence-electron chi connectivity index (χ4n) is 3.26. The van der Waals surface area contributed by atoms with Crippen molar-refractivity contribution in [2.75, 3.05) is 13.2 Å². The first kappa shape index (κ1) is 14.4. The first-order chi connectivity index (χ1) is 11.3. The number of imidazole rings is 1. The Kier molecular flexibility index (Phi) is 3.85. The average molecular weight is 307 g/mol. The summed E-state index contributed by atoms with van der Waals surface area (Å²) in [7, 11) is 0. The molecule has 0 amide bonds. The van der Waals surface area contributed by atoms with Gasteiger partial charge in [0.25, 0.3) is 0 Å². The van der Waals surface area contributed by atoms with Gasteiger partial charge >= 0.3 is 0 Å². The number of benzene rings is 2. The molecule has 4 nitrogen and oxygen atoms in total. The van der Waals surface area contributed by atoms with Gasteiger partial charge in [-0.2, -0.15) is 0 Å². The second kappa shape index (κ2) is 6.14. The summed E-state index contributed by atoms with van der Waals surface area (Å²) in [5.41, 5.74) is 4.82. The number of hydrogen-bond acceptors (Lipinski definition) is 3. The molecular weight excluding hydrogens is 286 g/mol. The zero-order chi connectivity index (χ0) is 15.6. The summed E-state index contributed by atoms with van der Waals surface area (Å²) in [6.45, 7) is 5.18. The molecule has 118 valence electrons. The zero-order valence-corrected chi connectivity index (χ0v) is 13.3. The van der Waals surface area contributed by atoms with Gasteiger partial charge in [0.05, 0.1) is 23.7 Å². The smallest absolute Gasteiger partial charge is 0.136 e. The molecule has 0 fully saturated rings. The third-order valence-electron chi connectivity index (χ3n) is 4.38. The predicted octanol–water partition coefficient (Wildman–Crippen LogP) is 3.21.